The van der Waals surface area contributed by atoms with Crippen molar-refractivity contribution in [3.8, 4) is 0 Å². The maximum Gasteiger partial charge on any atom is 0.125 e. The van der Waals surface area contributed by atoms with E-state index in [2.05, 4.69) is 36.7 Å². The zero-order valence-corrected chi connectivity index (χ0v) is 10.6. The van der Waals surface area contributed by atoms with Crippen LogP contribution < -0.4 is 5.32 Å². The molecule has 0 atom stereocenters. The average Bonchev–Trinajstić information content (AvgIpc) is 2.63. The van der Waals surface area contributed by atoms with Crippen LogP contribution in [0.15, 0.2) is 24.3 Å². The Kier molecular flexibility index (Phi) is 3.48. The molecule has 0 bridgehead atoms. The number of halogens is 1. The van der Waals surface area contributed by atoms with Crippen LogP contribution in [0.2, 0.25) is 0 Å². The van der Waals surface area contributed by atoms with Gasteiger partial charge in [0.05, 0.1) is 5.52 Å². The third kappa shape index (κ3) is 2.50. The summed E-state index contributed by atoms with van der Waals surface area (Å²) in [6.45, 7) is 8.02. The summed E-state index contributed by atoms with van der Waals surface area (Å²) >= 11 is 0. The lowest BCUT2D eigenvalue weighted by atomic mass is 10.2. The van der Waals surface area contributed by atoms with E-state index < -0.39 is 0 Å². The zero-order chi connectivity index (χ0) is 12.4. The second-order valence-corrected chi connectivity index (χ2v) is 4.62. The predicted octanol–water partition coefficient (Wildman–Crippen LogP) is 3.30. The summed E-state index contributed by atoms with van der Waals surface area (Å²) in [7, 11) is 0. The van der Waals surface area contributed by atoms with Gasteiger partial charge in [-0.1, -0.05) is 13.8 Å². The Balaban J connectivity index is 2.41. The lowest BCUT2D eigenvalue weighted by molar-refractivity contribution is 0.564. The molecule has 0 unspecified atom stereocenters. The minimum absolute atomic E-state index is 0.173. The normalized spacial score (nSPS) is 11.6. The minimum Gasteiger partial charge on any atom is -0.344 e. The number of fused-ring (bicyclic) bond motifs is 1. The number of nitrogens with zero attached hydrogens (tertiary/aromatic N) is 1. The highest BCUT2D eigenvalue weighted by Crippen LogP contribution is 2.21. The highest BCUT2D eigenvalue weighted by atomic mass is 19.1. The molecule has 2 rings (SSSR count). The van der Waals surface area contributed by atoms with E-state index in [0.29, 0.717) is 6.04 Å². The second kappa shape index (κ2) is 4.88. The average molecular weight is 234 g/mol. The molecule has 92 valence electrons. The first-order valence-corrected chi connectivity index (χ1v) is 6.13. The molecule has 0 radical (unpaired) electrons. The van der Waals surface area contributed by atoms with Crippen molar-refractivity contribution < 1.29 is 4.39 Å². The molecule has 0 amide bonds. The van der Waals surface area contributed by atoms with Gasteiger partial charge < -0.3 is 9.88 Å². The quantitative estimate of drug-likeness (QED) is 0.859. The fourth-order valence-corrected chi connectivity index (χ4v) is 2.11. The third-order valence-electron chi connectivity index (χ3n) is 2.96. The Bertz CT molecular complexity index is 514. The summed E-state index contributed by atoms with van der Waals surface area (Å²) in [5.74, 6) is -0.173. The Morgan fingerprint density at radius 2 is 2.06 bits per heavy atom. The van der Waals surface area contributed by atoms with E-state index in [1.807, 2.05) is 6.07 Å². The van der Waals surface area contributed by atoms with Crippen molar-refractivity contribution in [1.29, 1.82) is 0 Å². The molecule has 1 N–H and O–H groups in total. The van der Waals surface area contributed by atoms with Crippen LogP contribution in [-0.4, -0.2) is 10.6 Å². The van der Waals surface area contributed by atoms with Gasteiger partial charge in [0.2, 0.25) is 0 Å². The molecular formula is C14H19FN2. The number of aryl methyl sites for hydroxylation is 1. The summed E-state index contributed by atoms with van der Waals surface area (Å²) in [5.41, 5.74) is 2.19. The largest absolute Gasteiger partial charge is 0.344 e. The van der Waals surface area contributed by atoms with Crippen LogP contribution in [0.4, 0.5) is 4.39 Å². The molecule has 0 fully saturated rings. The number of nitrogens with one attached hydrogen (secondary N) is 1. The fraction of sp³-hybridized carbons (Fsp3) is 0.429. The SMILES string of the molecule is CCn1c(CNC(C)C)cc2ccc(F)cc21. The highest BCUT2D eigenvalue weighted by Gasteiger charge is 2.08. The third-order valence-corrected chi connectivity index (χ3v) is 2.96. The van der Waals surface area contributed by atoms with E-state index >= 15 is 0 Å². The van der Waals surface area contributed by atoms with Gasteiger partial charge in [0.25, 0.3) is 0 Å². The Morgan fingerprint density at radius 3 is 2.71 bits per heavy atom. The first-order valence-electron chi connectivity index (χ1n) is 6.13. The number of rotatable bonds is 4. The standard InChI is InChI=1S/C14H19FN2/c1-4-17-13(9-16-10(2)3)7-11-5-6-12(15)8-14(11)17/h5-8,10,16H,4,9H2,1-3H3. The van der Waals surface area contributed by atoms with Crippen molar-refractivity contribution in [2.45, 2.75) is 39.9 Å². The van der Waals surface area contributed by atoms with Crippen LogP contribution in [0.3, 0.4) is 0 Å². The molecule has 2 nitrogen and oxygen atoms in total. The van der Waals surface area contributed by atoms with Gasteiger partial charge in [-0.3, -0.25) is 0 Å². The van der Waals surface area contributed by atoms with Crippen LogP contribution in [0.1, 0.15) is 26.5 Å². The minimum atomic E-state index is -0.173. The number of aromatic nitrogens is 1. The Hall–Kier alpha value is -1.35. The topological polar surface area (TPSA) is 17.0 Å². The van der Waals surface area contributed by atoms with E-state index in [9.17, 15) is 4.39 Å². The number of hydrogen-bond acceptors (Lipinski definition) is 1. The van der Waals surface area contributed by atoms with Crippen LogP contribution in [0, 0.1) is 5.82 Å². The summed E-state index contributed by atoms with van der Waals surface area (Å²) in [5, 5.41) is 4.50. The molecule has 2 aromatic rings. The van der Waals surface area contributed by atoms with Gasteiger partial charge in [-0.15, -0.1) is 0 Å². The first-order chi connectivity index (χ1) is 8.11. The monoisotopic (exact) mass is 234 g/mol. The molecular weight excluding hydrogens is 215 g/mol. The van der Waals surface area contributed by atoms with Gasteiger partial charge in [0.1, 0.15) is 5.82 Å². The summed E-state index contributed by atoms with van der Waals surface area (Å²) in [6.07, 6.45) is 0. The molecule has 1 heterocycles. The van der Waals surface area contributed by atoms with E-state index in [0.717, 1.165) is 24.0 Å². The van der Waals surface area contributed by atoms with Crippen LogP contribution in [0.25, 0.3) is 10.9 Å². The molecule has 17 heavy (non-hydrogen) atoms. The van der Waals surface area contributed by atoms with Crippen molar-refractivity contribution in [2.75, 3.05) is 0 Å². The van der Waals surface area contributed by atoms with E-state index in [1.165, 1.54) is 11.8 Å². The first kappa shape index (κ1) is 12.1. The number of benzene rings is 1. The van der Waals surface area contributed by atoms with Gasteiger partial charge in [0.15, 0.2) is 0 Å². The molecule has 1 aromatic heterocycles. The van der Waals surface area contributed by atoms with Gasteiger partial charge in [-0.25, -0.2) is 4.39 Å². The zero-order valence-electron chi connectivity index (χ0n) is 10.6. The molecule has 0 spiro atoms. The summed E-state index contributed by atoms with van der Waals surface area (Å²) < 4.78 is 15.4. The van der Waals surface area contributed by atoms with E-state index in [-0.39, 0.29) is 5.82 Å². The molecule has 3 heteroatoms. The fourth-order valence-electron chi connectivity index (χ4n) is 2.11. The molecule has 0 saturated heterocycles. The summed E-state index contributed by atoms with van der Waals surface area (Å²) in [4.78, 5) is 0. The maximum absolute atomic E-state index is 13.2. The van der Waals surface area contributed by atoms with Gasteiger partial charge >= 0.3 is 0 Å². The van der Waals surface area contributed by atoms with Crippen molar-refractivity contribution in [1.82, 2.24) is 9.88 Å². The molecule has 0 aliphatic carbocycles. The Labute approximate surface area is 101 Å². The smallest absolute Gasteiger partial charge is 0.125 e. The lowest BCUT2D eigenvalue weighted by Gasteiger charge is -2.11. The van der Waals surface area contributed by atoms with Crippen molar-refractivity contribution >= 4 is 10.9 Å². The van der Waals surface area contributed by atoms with Gasteiger partial charge in [-0.05, 0) is 31.2 Å². The molecule has 0 aliphatic rings. The van der Waals surface area contributed by atoms with Gasteiger partial charge in [0, 0.05) is 30.2 Å². The lowest BCUT2D eigenvalue weighted by Crippen LogP contribution is -2.23. The van der Waals surface area contributed by atoms with E-state index in [4.69, 9.17) is 0 Å². The maximum atomic E-state index is 13.2. The predicted molar refractivity (Wildman–Crippen MR) is 69.5 cm³/mol. The van der Waals surface area contributed by atoms with Gasteiger partial charge in [-0.2, -0.15) is 0 Å². The summed E-state index contributed by atoms with van der Waals surface area (Å²) in [6, 6.07) is 7.55. The number of hydrogen-bond donors (Lipinski definition) is 1. The molecule has 1 aromatic carbocycles. The second-order valence-electron chi connectivity index (χ2n) is 4.62. The van der Waals surface area contributed by atoms with Crippen LogP contribution in [0.5, 0.6) is 0 Å². The highest BCUT2D eigenvalue weighted by molar-refractivity contribution is 5.81. The molecule has 0 aliphatic heterocycles. The van der Waals surface area contributed by atoms with Crippen LogP contribution >= 0.6 is 0 Å². The van der Waals surface area contributed by atoms with Crippen molar-refractivity contribution in [2.24, 2.45) is 0 Å². The van der Waals surface area contributed by atoms with Crippen LogP contribution in [-0.2, 0) is 13.1 Å². The Morgan fingerprint density at radius 1 is 1.29 bits per heavy atom. The van der Waals surface area contributed by atoms with Crippen molar-refractivity contribution in [3.63, 3.8) is 0 Å². The molecule has 0 saturated carbocycles. The van der Waals surface area contributed by atoms with E-state index in [1.54, 1.807) is 6.07 Å². The van der Waals surface area contributed by atoms with Crippen molar-refractivity contribution in [3.05, 3.63) is 35.8 Å².